The molecular weight excluding hydrogens is 769 g/mol. The molecular formula is C56H98O6. The fraction of sp³-hybridized carbons (Fsp3) is 0.768. The molecule has 0 aliphatic rings. The first kappa shape index (κ1) is 59.1. The standard InChI is InChI=1S/C56H98O6/c1-4-7-10-13-16-19-22-25-28-31-34-37-40-43-46-49-55(58)61-52-53(51-60-54(57)48-45-42-39-36-33-30-27-24-21-18-15-12-9-6-3)62-56(59)50-47-44-41-38-35-32-29-26-23-20-17-14-11-8-5-2/h16-17,19-20,25-26,28-29,34,37,53H,4-15,18,21-24,27,30-33,35-36,38-52H2,1-3H3/b19-16-,20-17-,28-25-,29-26-,37-34-/t53-/m1/s1. The van der Waals surface area contributed by atoms with Crippen LogP contribution < -0.4 is 0 Å². The molecule has 0 aliphatic carbocycles. The van der Waals surface area contributed by atoms with Crippen molar-refractivity contribution in [1.82, 2.24) is 0 Å². The number of hydrogen-bond donors (Lipinski definition) is 0. The average Bonchev–Trinajstić information content (AvgIpc) is 3.27. The number of carbonyl (C=O) groups is 3. The van der Waals surface area contributed by atoms with Gasteiger partial charge in [-0.2, -0.15) is 0 Å². The molecule has 0 amide bonds. The van der Waals surface area contributed by atoms with Crippen molar-refractivity contribution in [2.45, 2.75) is 264 Å². The molecule has 0 radical (unpaired) electrons. The van der Waals surface area contributed by atoms with E-state index in [2.05, 4.69) is 81.5 Å². The van der Waals surface area contributed by atoms with Crippen LogP contribution in [0.3, 0.4) is 0 Å². The molecule has 0 spiro atoms. The maximum atomic E-state index is 12.8. The maximum Gasteiger partial charge on any atom is 0.306 e. The Kier molecular flexibility index (Phi) is 48.4. The zero-order chi connectivity index (χ0) is 45.1. The highest BCUT2D eigenvalue weighted by Gasteiger charge is 2.19. The molecule has 0 aliphatic heterocycles. The second-order valence-corrected chi connectivity index (χ2v) is 17.4. The van der Waals surface area contributed by atoms with E-state index in [9.17, 15) is 14.4 Å². The second-order valence-electron chi connectivity index (χ2n) is 17.4. The topological polar surface area (TPSA) is 78.9 Å². The second kappa shape index (κ2) is 50.8. The van der Waals surface area contributed by atoms with Crippen molar-refractivity contribution >= 4 is 17.9 Å². The molecule has 6 nitrogen and oxygen atoms in total. The molecule has 0 heterocycles. The Hall–Kier alpha value is -2.89. The van der Waals surface area contributed by atoms with Gasteiger partial charge < -0.3 is 14.2 Å². The van der Waals surface area contributed by atoms with E-state index in [1.807, 2.05) is 0 Å². The van der Waals surface area contributed by atoms with E-state index in [0.29, 0.717) is 19.3 Å². The van der Waals surface area contributed by atoms with Crippen molar-refractivity contribution in [2.75, 3.05) is 13.2 Å². The molecule has 0 fully saturated rings. The van der Waals surface area contributed by atoms with Gasteiger partial charge in [-0.1, -0.05) is 210 Å². The van der Waals surface area contributed by atoms with E-state index in [-0.39, 0.29) is 31.1 Å². The number of carbonyl (C=O) groups excluding carboxylic acids is 3. The predicted octanol–water partition coefficient (Wildman–Crippen LogP) is 17.3. The lowest BCUT2D eigenvalue weighted by atomic mass is 10.0. The summed E-state index contributed by atoms with van der Waals surface area (Å²) in [7, 11) is 0. The van der Waals surface area contributed by atoms with Gasteiger partial charge in [-0.15, -0.1) is 0 Å². The first-order chi connectivity index (χ1) is 30.5. The monoisotopic (exact) mass is 867 g/mol. The van der Waals surface area contributed by atoms with Crippen molar-refractivity contribution < 1.29 is 28.6 Å². The maximum absolute atomic E-state index is 12.8. The SMILES string of the molecule is CCCCC/C=C\C/C=C\C/C=C\CCCCC(=O)OC[C@@H](COC(=O)CCCCCCCCCCCCCCCC)OC(=O)CCCCCCC/C=C\C/C=C\CCCCC. The largest absolute Gasteiger partial charge is 0.462 e. The Balaban J connectivity index is 4.46. The summed E-state index contributed by atoms with van der Waals surface area (Å²) < 4.78 is 16.8. The van der Waals surface area contributed by atoms with Crippen LogP contribution in [0.25, 0.3) is 0 Å². The van der Waals surface area contributed by atoms with Crippen LogP contribution in [0.5, 0.6) is 0 Å². The first-order valence-electron chi connectivity index (χ1n) is 26.3. The van der Waals surface area contributed by atoms with E-state index in [1.165, 1.54) is 122 Å². The molecule has 0 saturated carbocycles. The molecule has 0 unspecified atom stereocenters. The zero-order valence-corrected chi connectivity index (χ0v) is 40.9. The van der Waals surface area contributed by atoms with Gasteiger partial charge >= 0.3 is 17.9 Å². The summed E-state index contributed by atoms with van der Waals surface area (Å²) in [6.07, 6.45) is 62.0. The summed E-state index contributed by atoms with van der Waals surface area (Å²) in [5.74, 6) is -0.938. The number of esters is 3. The Morgan fingerprint density at radius 2 is 0.581 bits per heavy atom. The number of allylic oxidation sites excluding steroid dienone is 10. The highest BCUT2D eigenvalue weighted by Crippen LogP contribution is 2.15. The van der Waals surface area contributed by atoms with Crippen LogP contribution in [0.1, 0.15) is 258 Å². The van der Waals surface area contributed by atoms with Gasteiger partial charge in [-0.3, -0.25) is 14.4 Å². The van der Waals surface area contributed by atoms with Gasteiger partial charge in [0.05, 0.1) is 0 Å². The Morgan fingerprint density at radius 1 is 0.323 bits per heavy atom. The summed E-state index contributed by atoms with van der Waals surface area (Å²) in [4.78, 5) is 38.0. The van der Waals surface area contributed by atoms with Crippen LogP contribution in [0.2, 0.25) is 0 Å². The Morgan fingerprint density at radius 3 is 0.968 bits per heavy atom. The molecule has 0 rings (SSSR count). The van der Waals surface area contributed by atoms with Gasteiger partial charge in [0.25, 0.3) is 0 Å². The van der Waals surface area contributed by atoms with Crippen molar-refractivity contribution in [2.24, 2.45) is 0 Å². The van der Waals surface area contributed by atoms with Crippen LogP contribution >= 0.6 is 0 Å². The molecule has 0 N–H and O–H groups in total. The van der Waals surface area contributed by atoms with Gasteiger partial charge in [0.1, 0.15) is 13.2 Å². The Bertz CT molecular complexity index is 1130. The average molecular weight is 867 g/mol. The minimum atomic E-state index is -0.794. The van der Waals surface area contributed by atoms with E-state index in [1.54, 1.807) is 0 Å². The number of unbranched alkanes of at least 4 members (excludes halogenated alkanes) is 26. The fourth-order valence-corrected chi connectivity index (χ4v) is 7.24. The van der Waals surface area contributed by atoms with E-state index < -0.39 is 6.10 Å². The van der Waals surface area contributed by atoms with Crippen LogP contribution in [0.4, 0.5) is 0 Å². The predicted molar refractivity (Wildman–Crippen MR) is 265 cm³/mol. The molecule has 0 aromatic heterocycles. The van der Waals surface area contributed by atoms with E-state index in [4.69, 9.17) is 14.2 Å². The van der Waals surface area contributed by atoms with E-state index in [0.717, 1.165) is 96.3 Å². The lowest BCUT2D eigenvalue weighted by Crippen LogP contribution is -2.30. The van der Waals surface area contributed by atoms with Crippen LogP contribution in [0.15, 0.2) is 60.8 Å². The molecule has 1 atom stereocenters. The van der Waals surface area contributed by atoms with Crippen LogP contribution in [-0.4, -0.2) is 37.2 Å². The van der Waals surface area contributed by atoms with Gasteiger partial charge in [-0.25, -0.2) is 0 Å². The van der Waals surface area contributed by atoms with Gasteiger partial charge in [-0.05, 0) is 89.9 Å². The van der Waals surface area contributed by atoms with Crippen molar-refractivity contribution in [3.8, 4) is 0 Å². The molecule has 0 aromatic carbocycles. The minimum Gasteiger partial charge on any atom is -0.462 e. The van der Waals surface area contributed by atoms with Crippen LogP contribution in [-0.2, 0) is 28.6 Å². The Labute approximate surface area is 383 Å². The molecule has 62 heavy (non-hydrogen) atoms. The molecule has 6 heteroatoms. The summed E-state index contributed by atoms with van der Waals surface area (Å²) in [6.45, 7) is 6.55. The van der Waals surface area contributed by atoms with Crippen LogP contribution in [0, 0.1) is 0 Å². The zero-order valence-electron chi connectivity index (χ0n) is 40.9. The highest BCUT2D eigenvalue weighted by molar-refractivity contribution is 5.71. The molecule has 0 bridgehead atoms. The van der Waals surface area contributed by atoms with Gasteiger partial charge in [0.2, 0.25) is 0 Å². The summed E-state index contributed by atoms with van der Waals surface area (Å²) in [5, 5.41) is 0. The number of rotatable bonds is 47. The summed E-state index contributed by atoms with van der Waals surface area (Å²) >= 11 is 0. The third kappa shape index (κ3) is 48.1. The summed E-state index contributed by atoms with van der Waals surface area (Å²) in [5.41, 5.74) is 0. The third-order valence-corrected chi connectivity index (χ3v) is 11.2. The van der Waals surface area contributed by atoms with Gasteiger partial charge in [0, 0.05) is 19.3 Å². The quantitative estimate of drug-likeness (QED) is 0.0262. The van der Waals surface area contributed by atoms with E-state index >= 15 is 0 Å². The molecule has 358 valence electrons. The normalized spacial score (nSPS) is 12.5. The lowest BCUT2D eigenvalue weighted by molar-refractivity contribution is -0.167. The summed E-state index contributed by atoms with van der Waals surface area (Å²) in [6, 6.07) is 0. The number of hydrogen-bond acceptors (Lipinski definition) is 6. The first-order valence-corrected chi connectivity index (χ1v) is 26.3. The number of ether oxygens (including phenoxy) is 3. The molecule has 0 aromatic rings. The van der Waals surface area contributed by atoms with Crippen molar-refractivity contribution in [1.29, 1.82) is 0 Å². The fourth-order valence-electron chi connectivity index (χ4n) is 7.24. The van der Waals surface area contributed by atoms with Crippen molar-refractivity contribution in [3.05, 3.63) is 60.8 Å². The highest BCUT2D eigenvalue weighted by atomic mass is 16.6. The van der Waals surface area contributed by atoms with Gasteiger partial charge in [0.15, 0.2) is 6.10 Å². The molecule has 0 saturated heterocycles. The smallest absolute Gasteiger partial charge is 0.306 e. The third-order valence-electron chi connectivity index (χ3n) is 11.2. The lowest BCUT2D eigenvalue weighted by Gasteiger charge is -2.18. The van der Waals surface area contributed by atoms with Crippen molar-refractivity contribution in [3.63, 3.8) is 0 Å². The minimum absolute atomic E-state index is 0.0902.